The van der Waals surface area contributed by atoms with Gasteiger partial charge in [-0.25, -0.2) is 8.42 Å². The lowest BCUT2D eigenvalue weighted by Gasteiger charge is -2.20. The van der Waals surface area contributed by atoms with E-state index in [9.17, 15) is 13.2 Å². The molecule has 0 aromatic heterocycles. The van der Waals surface area contributed by atoms with Crippen LogP contribution in [-0.2, 0) is 10.0 Å². The summed E-state index contributed by atoms with van der Waals surface area (Å²) in [6.45, 7) is 8.04. The normalized spacial score (nSPS) is 11.6. The highest BCUT2D eigenvalue weighted by Crippen LogP contribution is 2.26. The maximum atomic E-state index is 12.8. The largest absolute Gasteiger partial charge is 0.322 e. The number of nitrogens with zero attached hydrogens (tertiary/aromatic N) is 1. The second-order valence-electron chi connectivity index (χ2n) is 5.96. The summed E-state index contributed by atoms with van der Waals surface area (Å²) in [5, 5.41) is 3.35. The molecule has 2 rings (SSSR count). The molecule has 0 aliphatic rings. The van der Waals surface area contributed by atoms with Crippen molar-refractivity contribution in [3.63, 3.8) is 0 Å². The third-order valence-electron chi connectivity index (χ3n) is 4.34. The third kappa shape index (κ3) is 4.26. The quantitative estimate of drug-likeness (QED) is 0.796. The van der Waals surface area contributed by atoms with Gasteiger partial charge in [-0.3, -0.25) is 4.79 Å². The molecule has 2 aromatic rings. The van der Waals surface area contributed by atoms with Crippen molar-refractivity contribution in [1.29, 1.82) is 0 Å². The highest BCUT2D eigenvalue weighted by Gasteiger charge is 2.23. The van der Waals surface area contributed by atoms with Gasteiger partial charge in [0.25, 0.3) is 5.91 Å². The van der Waals surface area contributed by atoms with E-state index in [2.05, 4.69) is 5.32 Å². The molecule has 2 aromatic carbocycles. The highest BCUT2D eigenvalue weighted by atomic mass is 35.5. The van der Waals surface area contributed by atoms with Crippen LogP contribution in [0.15, 0.2) is 41.3 Å². The zero-order chi connectivity index (χ0) is 19.5. The molecule has 1 amide bonds. The van der Waals surface area contributed by atoms with Crippen molar-refractivity contribution in [3.05, 3.63) is 58.1 Å². The number of carbonyl (C=O) groups is 1. The number of carbonyl (C=O) groups excluding carboxylic acids is 1. The molecular weight excluding hydrogens is 372 g/mol. The Bertz CT molecular complexity index is 905. The summed E-state index contributed by atoms with van der Waals surface area (Å²) in [7, 11) is -3.60. The van der Waals surface area contributed by atoms with E-state index < -0.39 is 10.0 Å². The number of rotatable bonds is 6. The van der Waals surface area contributed by atoms with Crippen molar-refractivity contribution in [1.82, 2.24) is 4.31 Å². The minimum atomic E-state index is -3.60. The second-order valence-corrected chi connectivity index (χ2v) is 8.34. The molecule has 0 fully saturated rings. The van der Waals surface area contributed by atoms with Crippen molar-refractivity contribution >= 4 is 33.2 Å². The van der Waals surface area contributed by atoms with Crippen LogP contribution in [0.1, 0.15) is 35.3 Å². The summed E-state index contributed by atoms with van der Waals surface area (Å²) in [6, 6.07) is 9.67. The average Bonchev–Trinajstić information content (AvgIpc) is 2.60. The molecular formula is C19H23ClN2O3S. The van der Waals surface area contributed by atoms with Gasteiger partial charge < -0.3 is 5.32 Å². The predicted octanol–water partition coefficient (Wildman–Crippen LogP) is 4.24. The Morgan fingerprint density at radius 2 is 1.65 bits per heavy atom. The lowest BCUT2D eigenvalue weighted by molar-refractivity contribution is 0.102. The standard InChI is InChI=1S/C19H23ClN2O3S/c1-5-22(6-2)26(24,25)17-11-13(3)14(4)18(12-17)21-19(23)15-7-9-16(20)10-8-15/h7-12H,5-6H2,1-4H3,(H,21,23). The van der Waals surface area contributed by atoms with Crippen LogP contribution in [0.5, 0.6) is 0 Å². The van der Waals surface area contributed by atoms with Gasteiger partial charge in [0.1, 0.15) is 0 Å². The maximum Gasteiger partial charge on any atom is 0.255 e. The smallest absolute Gasteiger partial charge is 0.255 e. The maximum absolute atomic E-state index is 12.8. The zero-order valence-electron chi connectivity index (χ0n) is 15.3. The molecule has 26 heavy (non-hydrogen) atoms. The number of aryl methyl sites for hydroxylation is 1. The fraction of sp³-hybridized carbons (Fsp3) is 0.316. The first kappa shape index (κ1) is 20.4. The Balaban J connectivity index is 2.42. The van der Waals surface area contributed by atoms with E-state index in [1.807, 2.05) is 13.8 Å². The Labute approximate surface area is 160 Å². The van der Waals surface area contributed by atoms with Gasteiger partial charge in [0.05, 0.1) is 4.90 Å². The number of hydrogen-bond donors (Lipinski definition) is 1. The van der Waals surface area contributed by atoms with E-state index in [-0.39, 0.29) is 10.8 Å². The van der Waals surface area contributed by atoms with Gasteiger partial charge in [0.15, 0.2) is 0 Å². The number of hydrogen-bond acceptors (Lipinski definition) is 3. The molecule has 0 spiro atoms. The van der Waals surface area contributed by atoms with E-state index >= 15 is 0 Å². The van der Waals surface area contributed by atoms with E-state index in [1.165, 1.54) is 10.4 Å². The number of halogens is 1. The molecule has 0 aliphatic carbocycles. The number of nitrogens with one attached hydrogen (secondary N) is 1. The fourth-order valence-corrected chi connectivity index (χ4v) is 4.31. The number of benzene rings is 2. The molecule has 0 saturated carbocycles. The minimum absolute atomic E-state index is 0.177. The van der Waals surface area contributed by atoms with Gasteiger partial charge >= 0.3 is 0 Å². The Hall–Kier alpha value is -1.89. The van der Waals surface area contributed by atoms with E-state index in [0.29, 0.717) is 29.4 Å². The molecule has 0 heterocycles. The molecule has 0 saturated heterocycles. The van der Waals surface area contributed by atoms with Crippen molar-refractivity contribution in [2.45, 2.75) is 32.6 Å². The summed E-state index contributed by atoms with van der Waals surface area (Å²) < 4.78 is 27.0. The van der Waals surface area contributed by atoms with Crippen LogP contribution in [0, 0.1) is 13.8 Å². The van der Waals surface area contributed by atoms with E-state index in [0.717, 1.165) is 11.1 Å². The monoisotopic (exact) mass is 394 g/mol. The SMILES string of the molecule is CCN(CC)S(=O)(=O)c1cc(C)c(C)c(NC(=O)c2ccc(Cl)cc2)c1. The summed E-state index contributed by atoms with van der Waals surface area (Å²) in [5.41, 5.74) is 2.55. The number of sulfonamides is 1. The van der Waals surface area contributed by atoms with Crippen molar-refractivity contribution in [3.8, 4) is 0 Å². The van der Waals surface area contributed by atoms with Gasteiger partial charge in [-0.1, -0.05) is 25.4 Å². The van der Waals surface area contributed by atoms with E-state index in [4.69, 9.17) is 11.6 Å². The number of anilines is 1. The molecule has 0 radical (unpaired) electrons. The van der Waals surface area contributed by atoms with Crippen molar-refractivity contribution in [2.24, 2.45) is 0 Å². The van der Waals surface area contributed by atoms with Gasteiger partial charge in [0, 0.05) is 29.4 Å². The summed E-state index contributed by atoms with van der Waals surface area (Å²) >= 11 is 5.85. The molecule has 1 N–H and O–H groups in total. The fourth-order valence-electron chi connectivity index (χ4n) is 2.61. The van der Waals surface area contributed by atoms with Crippen LogP contribution < -0.4 is 5.32 Å². The van der Waals surface area contributed by atoms with Gasteiger partial charge in [0.2, 0.25) is 10.0 Å². The molecule has 0 aliphatic heterocycles. The van der Waals surface area contributed by atoms with Gasteiger partial charge in [-0.15, -0.1) is 0 Å². The lowest BCUT2D eigenvalue weighted by Crippen LogP contribution is -2.30. The molecule has 0 atom stereocenters. The molecule has 0 bridgehead atoms. The van der Waals surface area contributed by atoms with Gasteiger partial charge in [-0.05, 0) is 61.4 Å². The summed E-state index contributed by atoms with van der Waals surface area (Å²) in [4.78, 5) is 12.7. The first-order valence-corrected chi connectivity index (χ1v) is 10.2. The first-order valence-electron chi connectivity index (χ1n) is 8.39. The topological polar surface area (TPSA) is 66.5 Å². The molecule has 0 unspecified atom stereocenters. The van der Waals surface area contributed by atoms with Crippen LogP contribution in [0.25, 0.3) is 0 Å². The average molecular weight is 395 g/mol. The van der Waals surface area contributed by atoms with E-state index in [1.54, 1.807) is 44.2 Å². The Morgan fingerprint density at radius 3 is 2.19 bits per heavy atom. The third-order valence-corrected chi connectivity index (χ3v) is 6.62. The Morgan fingerprint density at radius 1 is 1.08 bits per heavy atom. The molecule has 7 heteroatoms. The second kappa shape index (κ2) is 8.20. The van der Waals surface area contributed by atoms with Gasteiger partial charge in [-0.2, -0.15) is 4.31 Å². The van der Waals surface area contributed by atoms with Crippen molar-refractivity contribution in [2.75, 3.05) is 18.4 Å². The molecule has 140 valence electrons. The first-order chi connectivity index (χ1) is 12.2. The van der Waals surface area contributed by atoms with Crippen LogP contribution >= 0.6 is 11.6 Å². The number of amides is 1. The van der Waals surface area contributed by atoms with Crippen LogP contribution in [0.2, 0.25) is 5.02 Å². The van der Waals surface area contributed by atoms with Crippen LogP contribution in [0.3, 0.4) is 0 Å². The Kier molecular flexibility index (Phi) is 6.44. The minimum Gasteiger partial charge on any atom is -0.322 e. The summed E-state index contributed by atoms with van der Waals surface area (Å²) in [6.07, 6.45) is 0. The van der Waals surface area contributed by atoms with Crippen LogP contribution in [0.4, 0.5) is 5.69 Å². The molecule has 5 nitrogen and oxygen atoms in total. The summed E-state index contributed by atoms with van der Waals surface area (Å²) in [5.74, 6) is -0.318. The zero-order valence-corrected chi connectivity index (χ0v) is 16.9. The van der Waals surface area contributed by atoms with Crippen LogP contribution in [-0.4, -0.2) is 31.7 Å². The van der Waals surface area contributed by atoms with Crippen molar-refractivity contribution < 1.29 is 13.2 Å². The highest BCUT2D eigenvalue weighted by molar-refractivity contribution is 7.89. The lowest BCUT2D eigenvalue weighted by atomic mass is 10.1. The predicted molar refractivity (Wildman–Crippen MR) is 105 cm³/mol.